The quantitative estimate of drug-likeness (QED) is 0.673. The number of halogens is 2. The molecule has 1 N–H and O–H groups in total. The molecule has 120 valence electrons. The topological polar surface area (TPSA) is 42.0 Å². The smallest absolute Gasteiger partial charge is 0.277 e. The molecule has 0 bridgehead atoms. The SMILES string of the molecule is Cc1c(NC(=O)c2ncc(Br)cc2F)cccc1-c1ccccc1. The van der Waals surface area contributed by atoms with Crippen LogP contribution in [0.5, 0.6) is 0 Å². The molecular formula is C19H14BrFN2O. The Morgan fingerprint density at radius 3 is 2.58 bits per heavy atom. The lowest BCUT2D eigenvalue weighted by Crippen LogP contribution is -2.16. The third-order valence-electron chi connectivity index (χ3n) is 3.69. The number of anilines is 1. The number of pyridine rings is 1. The van der Waals surface area contributed by atoms with Crippen molar-refractivity contribution in [1.29, 1.82) is 0 Å². The molecule has 24 heavy (non-hydrogen) atoms. The first-order valence-electron chi connectivity index (χ1n) is 7.33. The van der Waals surface area contributed by atoms with Gasteiger partial charge < -0.3 is 5.32 Å². The van der Waals surface area contributed by atoms with E-state index < -0.39 is 11.7 Å². The first-order chi connectivity index (χ1) is 11.6. The summed E-state index contributed by atoms with van der Waals surface area (Å²) in [7, 11) is 0. The normalized spacial score (nSPS) is 10.5. The van der Waals surface area contributed by atoms with E-state index in [-0.39, 0.29) is 5.69 Å². The van der Waals surface area contributed by atoms with Crippen molar-refractivity contribution in [1.82, 2.24) is 4.98 Å². The van der Waals surface area contributed by atoms with Gasteiger partial charge in [0, 0.05) is 16.4 Å². The number of nitrogens with zero attached hydrogens (tertiary/aromatic N) is 1. The number of hydrogen-bond acceptors (Lipinski definition) is 2. The van der Waals surface area contributed by atoms with Crippen molar-refractivity contribution in [2.45, 2.75) is 6.92 Å². The molecule has 0 atom stereocenters. The number of carbonyl (C=O) groups is 1. The molecule has 0 spiro atoms. The lowest BCUT2D eigenvalue weighted by Gasteiger charge is -2.13. The molecule has 0 radical (unpaired) electrons. The van der Waals surface area contributed by atoms with Gasteiger partial charge in [0.1, 0.15) is 0 Å². The van der Waals surface area contributed by atoms with Gasteiger partial charge in [0.05, 0.1) is 0 Å². The molecule has 3 aromatic rings. The zero-order valence-electron chi connectivity index (χ0n) is 12.9. The highest BCUT2D eigenvalue weighted by Gasteiger charge is 2.16. The second-order valence-electron chi connectivity index (χ2n) is 5.28. The summed E-state index contributed by atoms with van der Waals surface area (Å²) in [5.41, 5.74) is 3.37. The van der Waals surface area contributed by atoms with Gasteiger partial charge in [-0.25, -0.2) is 9.37 Å². The van der Waals surface area contributed by atoms with Crippen LogP contribution in [-0.4, -0.2) is 10.9 Å². The number of aromatic nitrogens is 1. The van der Waals surface area contributed by atoms with Crippen LogP contribution in [0.2, 0.25) is 0 Å². The van der Waals surface area contributed by atoms with Crippen molar-refractivity contribution < 1.29 is 9.18 Å². The fourth-order valence-corrected chi connectivity index (χ4v) is 2.77. The Labute approximate surface area is 147 Å². The van der Waals surface area contributed by atoms with E-state index in [1.807, 2.05) is 49.4 Å². The minimum atomic E-state index is -0.668. The van der Waals surface area contributed by atoms with Gasteiger partial charge in [0.2, 0.25) is 0 Å². The van der Waals surface area contributed by atoms with E-state index in [1.165, 1.54) is 12.3 Å². The Balaban J connectivity index is 1.92. The lowest BCUT2D eigenvalue weighted by molar-refractivity contribution is 0.101. The molecule has 3 rings (SSSR count). The van der Waals surface area contributed by atoms with Gasteiger partial charge >= 0.3 is 0 Å². The summed E-state index contributed by atoms with van der Waals surface area (Å²) in [6.45, 7) is 1.92. The van der Waals surface area contributed by atoms with Crippen LogP contribution >= 0.6 is 15.9 Å². The summed E-state index contributed by atoms with van der Waals surface area (Å²) in [6, 6.07) is 16.7. The molecular weight excluding hydrogens is 371 g/mol. The summed E-state index contributed by atoms with van der Waals surface area (Å²) in [4.78, 5) is 16.2. The average molecular weight is 385 g/mol. The predicted molar refractivity (Wildman–Crippen MR) is 96.5 cm³/mol. The van der Waals surface area contributed by atoms with Crippen LogP contribution in [0, 0.1) is 12.7 Å². The van der Waals surface area contributed by atoms with Crippen LogP contribution < -0.4 is 5.32 Å². The molecule has 0 aliphatic carbocycles. The highest BCUT2D eigenvalue weighted by atomic mass is 79.9. The van der Waals surface area contributed by atoms with Crippen LogP contribution in [-0.2, 0) is 0 Å². The second kappa shape index (κ2) is 6.93. The molecule has 5 heteroatoms. The highest BCUT2D eigenvalue weighted by molar-refractivity contribution is 9.10. The van der Waals surface area contributed by atoms with Crippen LogP contribution in [0.1, 0.15) is 16.1 Å². The van der Waals surface area contributed by atoms with E-state index in [1.54, 1.807) is 6.07 Å². The van der Waals surface area contributed by atoms with Crippen molar-refractivity contribution in [3.63, 3.8) is 0 Å². The molecule has 1 heterocycles. The largest absolute Gasteiger partial charge is 0.320 e. The average Bonchev–Trinajstić information content (AvgIpc) is 2.57. The third kappa shape index (κ3) is 3.36. The fraction of sp³-hybridized carbons (Fsp3) is 0.0526. The van der Waals surface area contributed by atoms with E-state index in [0.717, 1.165) is 16.7 Å². The van der Waals surface area contributed by atoms with Crippen molar-refractivity contribution in [2.24, 2.45) is 0 Å². The van der Waals surface area contributed by atoms with Gasteiger partial charge in [-0.3, -0.25) is 4.79 Å². The van der Waals surface area contributed by atoms with Gasteiger partial charge in [-0.2, -0.15) is 0 Å². The van der Waals surface area contributed by atoms with Gasteiger partial charge in [0.25, 0.3) is 5.91 Å². The zero-order chi connectivity index (χ0) is 17.1. The zero-order valence-corrected chi connectivity index (χ0v) is 14.5. The van der Waals surface area contributed by atoms with Crippen molar-refractivity contribution in [2.75, 3.05) is 5.32 Å². The van der Waals surface area contributed by atoms with E-state index in [0.29, 0.717) is 10.2 Å². The maximum atomic E-state index is 13.9. The molecule has 0 saturated carbocycles. The summed E-state index contributed by atoms with van der Waals surface area (Å²) in [5.74, 6) is -1.24. The van der Waals surface area contributed by atoms with Gasteiger partial charge in [-0.15, -0.1) is 0 Å². The maximum Gasteiger partial charge on any atom is 0.277 e. The molecule has 0 saturated heterocycles. The molecule has 0 aliphatic rings. The van der Waals surface area contributed by atoms with Gasteiger partial charge in [-0.05, 0) is 51.7 Å². The first-order valence-corrected chi connectivity index (χ1v) is 8.13. The second-order valence-corrected chi connectivity index (χ2v) is 6.20. The Hall–Kier alpha value is -2.53. The minimum Gasteiger partial charge on any atom is -0.320 e. The Morgan fingerprint density at radius 1 is 1.12 bits per heavy atom. The number of nitrogens with one attached hydrogen (secondary N) is 1. The van der Waals surface area contributed by atoms with Crippen LogP contribution in [0.25, 0.3) is 11.1 Å². The van der Waals surface area contributed by atoms with E-state index in [9.17, 15) is 9.18 Å². The molecule has 0 fully saturated rings. The monoisotopic (exact) mass is 384 g/mol. The predicted octanol–water partition coefficient (Wildman–Crippen LogP) is 5.21. The summed E-state index contributed by atoms with van der Waals surface area (Å²) >= 11 is 3.13. The number of amides is 1. The van der Waals surface area contributed by atoms with Crippen molar-refractivity contribution in [3.05, 3.63) is 82.3 Å². The molecule has 0 aliphatic heterocycles. The van der Waals surface area contributed by atoms with Gasteiger partial charge in [-0.1, -0.05) is 42.5 Å². The van der Waals surface area contributed by atoms with Crippen molar-refractivity contribution in [3.8, 4) is 11.1 Å². The third-order valence-corrected chi connectivity index (χ3v) is 4.12. The number of carbonyl (C=O) groups excluding carboxylic acids is 1. The fourth-order valence-electron chi connectivity index (χ4n) is 2.46. The molecule has 3 nitrogen and oxygen atoms in total. The summed E-state index contributed by atoms with van der Waals surface area (Å²) in [6.07, 6.45) is 1.39. The van der Waals surface area contributed by atoms with Crippen LogP contribution in [0.15, 0.2) is 65.3 Å². The Kier molecular flexibility index (Phi) is 4.71. The number of hydrogen-bond donors (Lipinski definition) is 1. The van der Waals surface area contributed by atoms with E-state index in [4.69, 9.17) is 0 Å². The highest BCUT2D eigenvalue weighted by Crippen LogP contribution is 2.28. The minimum absolute atomic E-state index is 0.234. The molecule has 0 unspecified atom stereocenters. The summed E-state index contributed by atoms with van der Waals surface area (Å²) < 4.78 is 14.4. The maximum absolute atomic E-state index is 13.9. The van der Waals surface area contributed by atoms with Crippen LogP contribution in [0.4, 0.5) is 10.1 Å². The Bertz CT molecular complexity index is 897. The van der Waals surface area contributed by atoms with E-state index >= 15 is 0 Å². The molecule has 2 aromatic carbocycles. The Morgan fingerprint density at radius 2 is 1.88 bits per heavy atom. The number of benzene rings is 2. The van der Waals surface area contributed by atoms with E-state index in [2.05, 4.69) is 26.2 Å². The van der Waals surface area contributed by atoms with Crippen molar-refractivity contribution >= 4 is 27.5 Å². The standard InChI is InChI=1S/C19H14BrFN2O/c1-12-15(13-6-3-2-4-7-13)8-5-9-17(12)23-19(24)18-16(21)10-14(20)11-22-18/h2-11H,1H3,(H,23,24). The van der Waals surface area contributed by atoms with Gasteiger partial charge in [0.15, 0.2) is 11.5 Å². The molecule has 1 aromatic heterocycles. The van der Waals surface area contributed by atoms with Crippen LogP contribution in [0.3, 0.4) is 0 Å². The summed E-state index contributed by atoms with van der Waals surface area (Å²) in [5, 5.41) is 2.74. The lowest BCUT2D eigenvalue weighted by atomic mass is 9.99. The first kappa shape index (κ1) is 16.3. The number of rotatable bonds is 3. The molecule has 1 amide bonds.